The molecular weight excluding hydrogens is 303 g/mol. The van der Waals surface area contributed by atoms with Crippen molar-refractivity contribution in [3.8, 4) is 0 Å². The average molecular weight is 320 g/mol. The third-order valence-electron chi connectivity index (χ3n) is 1.75. The normalized spacial score (nSPS) is 10.1. The predicted molar refractivity (Wildman–Crippen MR) is 71.7 cm³/mol. The highest BCUT2D eigenvalue weighted by Gasteiger charge is 2.11. The fraction of sp³-hybridized carbons (Fsp3) is 0.417. The fourth-order valence-corrected chi connectivity index (χ4v) is 0.938. The van der Waals surface area contributed by atoms with Gasteiger partial charge in [0.2, 0.25) is 0 Å². The molecule has 0 radical (unpaired) electrons. The molecule has 0 aliphatic heterocycles. The van der Waals surface area contributed by atoms with Crippen molar-refractivity contribution in [3.05, 3.63) is 35.9 Å². The lowest BCUT2D eigenvalue weighted by atomic mass is 9.87. The molecule has 0 heterocycles. The van der Waals surface area contributed by atoms with Gasteiger partial charge in [-0.15, -0.1) is 0 Å². The van der Waals surface area contributed by atoms with Gasteiger partial charge in [0.15, 0.2) is 0 Å². The first-order chi connectivity index (χ1) is 6.88. The highest BCUT2D eigenvalue weighted by atomic mass is 127. The Hall–Kier alpha value is -0.580. The van der Waals surface area contributed by atoms with Crippen molar-refractivity contribution in [2.75, 3.05) is 4.43 Å². The lowest BCUT2D eigenvalue weighted by molar-refractivity contribution is -0.133. The van der Waals surface area contributed by atoms with E-state index in [4.69, 9.17) is 5.11 Å². The molecule has 1 aromatic rings. The van der Waals surface area contributed by atoms with Gasteiger partial charge in [-0.05, 0) is 11.0 Å². The molecule has 2 nitrogen and oxygen atoms in total. The van der Waals surface area contributed by atoms with E-state index >= 15 is 0 Å². The summed E-state index contributed by atoms with van der Waals surface area (Å²) < 4.78 is 0.192. The van der Waals surface area contributed by atoms with Crippen LogP contribution in [0, 0.1) is 0 Å². The van der Waals surface area contributed by atoms with Crippen LogP contribution in [0.4, 0.5) is 0 Å². The lowest BCUT2D eigenvalue weighted by Crippen LogP contribution is -2.10. The van der Waals surface area contributed by atoms with Crippen LogP contribution < -0.4 is 0 Å². The van der Waals surface area contributed by atoms with Crippen molar-refractivity contribution in [2.24, 2.45) is 0 Å². The monoisotopic (exact) mass is 320 g/mol. The van der Waals surface area contributed by atoms with Crippen LogP contribution in [0.2, 0.25) is 0 Å². The highest BCUT2D eigenvalue weighted by Crippen LogP contribution is 2.20. The molecule has 0 bridgehead atoms. The number of hydrogen-bond acceptors (Lipinski definition) is 1. The summed E-state index contributed by atoms with van der Waals surface area (Å²) in [5.41, 5.74) is 1.69. The van der Waals surface area contributed by atoms with Gasteiger partial charge in [-0.25, -0.2) is 0 Å². The van der Waals surface area contributed by atoms with E-state index in [-0.39, 0.29) is 4.43 Å². The molecule has 3 heteroatoms. The Morgan fingerprint density at radius 1 is 1.27 bits per heavy atom. The molecule has 0 saturated carbocycles. The molecule has 0 atom stereocenters. The Morgan fingerprint density at radius 3 is 1.87 bits per heavy atom. The van der Waals surface area contributed by atoms with Crippen LogP contribution in [0.3, 0.4) is 0 Å². The zero-order valence-electron chi connectivity index (χ0n) is 9.33. The van der Waals surface area contributed by atoms with Gasteiger partial charge in [-0.3, -0.25) is 4.79 Å². The summed E-state index contributed by atoms with van der Waals surface area (Å²) in [6.07, 6.45) is 0. The van der Waals surface area contributed by atoms with Crippen molar-refractivity contribution in [3.63, 3.8) is 0 Å². The maximum absolute atomic E-state index is 9.36. The van der Waals surface area contributed by atoms with Crippen LogP contribution in [0.5, 0.6) is 0 Å². The number of halogens is 1. The van der Waals surface area contributed by atoms with E-state index in [0.717, 1.165) is 0 Å². The first-order valence-corrected chi connectivity index (χ1v) is 6.23. The molecule has 0 unspecified atom stereocenters. The molecule has 15 heavy (non-hydrogen) atoms. The van der Waals surface area contributed by atoms with Crippen molar-refractivity contribution < 1.29 is 9.90 Å². The summed E-state index contributed by atoms with van der Waals surface area (Å²) in [4.78, 5) is 9.36. The molecular formula is C12H17IO2. The molecule has 0 aromatic heterocycles. The maximum Gasteiger partial charge on any atom is 0.313 e. The Labute approximate surface area is 105 Å². The first kappa shape index (κ1) is 14.4. The second kappa shape index (κ2) is 6.82. The zero-order chi connectivity index (χ0) is 11.9. The summed E-state index contributed by atoms with van der Waals surface area (Å²) in [6.45, 7) is 6.67. The molecule has 1 aromatic carbocycles. The molecule has 1 N–H and O–H groups in total. The van der Waals surface area contributed by atoms with E-state index in [1.807, 2.05) is 0 Å². The van der Waals surface area contributed by atoms with Crippen molar-refractivity contribution in [1.29, 1.82) is 0 Å². The van der Waals surface area contributed by atoms with Gasteiger partial charge in [0.25, 0.3) is 0 Å². The fourth-order valence-electron chi connectivity index (χ4n) is 0.938. The van der Waals surface area contributed by atoms with E-state index in [0.29, 0.717) is 5.41 Å². The van der Waals surface area contributed by atoms with Gasteiger partial charge in [-0.2, -0.15) is 0 Å². The second-order valence-electron chi connectivity index (χ2n) is 4.14. The Kier molecular flexibility index (Phi) is 6.56. The van der Waals surface area contributed by atoms with Crippen LogP contribution in [-0.2, 0) is 10.2 Å². The minimum Gasteiger partial charge on any atom is -0.481 e. The third-order valence-corrected chi connectivity index (χ3v) is 2.41. The van der Waals surface area contributed by atoms with E-state index < -0.39 is 5.97 Å². The molecule has 0 aliphatic carbocycles. The van der Waals surface area contributed by atoms with Crippen LogP contribution in [0.1, 0.15) is 26.3 Å². The summed E-state index contributed by atoms with van der Waals surface area (Å²) in [5.74, 6) is -0.759. The lowest BCUT2D eigenvalue weighted by Gasteiger charge is -2.18. The number of benzene rings is 1. The highest BCUT2D eigenvalue weighted by molar-refractivity contribution is 14.1. The largest absolute Gasteiger partial charge is 0.481 e. The minimum absolute atomic E-state index is 0.192. The molecule has 0 spiro atoms. The average Bonchev–Trinajstić information content (AvgIpc) is 2.19. The minimum atomic E-state index is -0.759. The Balaban J connectivity index is 0.000000336. The smallest absolute Gasteiger partial charge is 0.313 e. The number of carboxylic acids is 1. The first-order valence-electron chi connectivity index (χ1n) is 4.71. The van der Waals surface area contributed by atoms with Gasteiger partial charge in [0.1, 0.15) is 0 Å². The van der Waals surface area contributed by atoms with E-state index in [9.17, 15) is 4.79 Å². The van der Waals surface area contributed by atoms with Crippen LogP contribution in [-0.4, -0.2) is 15.5 Å². The van der Waals surface area contributed by atoms with Crippen LogP contribution in [0.15, 0.2) is 30.3 Å². The van der Waals surface area contributed by atoms with Crippen molar-refractivity contribution in [1.82, 2.24) is 0 Å². The molecule has 0 amide bonds. The standard InChI is InChI=1S/C10H14.C2H3IO2/c1-10(2,3)9-7-5-4-6-8-9;3-1-2(4)5/h4-8H,1-3H3;1H2,(H,4,5). The van der Waals surface area contributed by atoms with Crippen molar-refractivity contribution >= 4 is 28.6 Å². The van der Waals surface area contributed by atoms with E-state index in [1.165, 1.54) is 5.56 Å². The number of carbonyl (C=O) groups is 1. The van der Waals surface area contributed by atoms with Gasteiger partial charge in [-0.1, -0.05) is 73.7 Å². The quantitative estimate of drug-likeness (QED) is 0.635. The number of rotatable bonds is 1. The zero-order valence-corrected chi connectivity index (χ0v) is 11.5. The van der Waals surface area contributed by atoms with Gasteiger partial charge in [0, 0.05) is 0 Å². The maximum atomic E-state index is 9.36. The topological polar surface area (TPSA) is 37.3 Å². The van der Waals surface area contributed by atoms with Gasteiger partial charge < -0.3 is 5.11 Å². The number of aliphatic carboxylic acids is 1. The van der Waals surface area contributed by atoms with Crippen LogP contribution in [0.25, 0.3) is 0 Å². The summed E-state index contributed by atoms with van der Waals surface area (Å²) in [7, 11) is 0. The molecule has 0 saturated heterocycles. The van der Waals surface area contributed by atoms with Crippen LogP contribution >= 0.6 is 22.6 Å². The summed E-state index contributed by atoms with van der Waals surface area (Å²) in [5, 5.41) is 7.71. The summed E-state index contributed by atoms with van der Waals surface area (Å²) in [6, 6.07) is 10.6. The molecule has 0 aliphatic rings. The number of alkyl halides is 1. The third kappa shape index (κ3) is 7.36. The molecule has 84 valence electrons. The van der Waals surface area contributed by atoms with Gasteiger partial charge in [0.05, 0.1) is 4.43 Å². The van der Waals surface area contributed by atoms with Gasteiger partial charge >= 0.3 is 5.97 Å². The molecule has 1 rings (SSSR count). The number of hydrogen-bond donors (Lipinski definition) is 1. The van der Waals surface area contributed by atoms with E-state index in [1.54, 1.807) is 22.6 Å². The molecule has 0 fully saturated rings. The second-order valence-corrected chi connectivity index (χ2v) is 4.91. The van der Waals surface area contributed by atoms with E-state index in [2.05, 4.69) is 51.1 Å². The predicted octanol–water partition coefficient (Wildman–Crippen LogP) is 3.49. The summed E-state index contributed by atoms with van der Waals surface area (Å²) >= 11 is 1.78. The van der Waals surface area contributed by atoms with Crippen molar-refractivity contribution in [2.45, 2.75) is 26.2 Å². The SMILES string of the molecule is CC(C)(C)c1ccccc1.O=C(O)CI. The Bertz CT molecular complexity index is 288. The number of carboxylic acid groups (broad SMARTS) is 1. The Morgan fingerprint density at radius 2 is 1.67 bits per heavy atom.